The van der Waals surface area contributed by atoms with Gasteiger partial charge in [0.05, 0.1) is 6.54 Å². The van der Waals surface area contributed by atoms with Gasteiger partial charge < -0.3 is 15.3 Å². The lowest BCUT2D eigenvalue weighted by Crippen LogP contribution is -2.23. The third kappa shape index (κ3) is 3.22. The van der Waals surface area contributed by atoms with Gasteiger partial charge in [-0.3, -0.25) is 9.59 Å². The average molecular weight is 301 g/mol. The molecule has 0 saturated heterocycles. The van der Waals surface area contributed by atoms with Crippen molar-refractivity contribution in [2.24, 2.45) is 0 Å². The molecule has 0 atom stereocenters. The van der Waals surface area contributed by atoms with Crippen molar-refractivity contribution in [2.45, 2.75) is 19.4 Å². The van der Waals surface area contributed by atoms with E-state index in [1.807, 2.05) is 24.4 Å². The number of H-pyrrole nitrogens is 2. The molecule has 6 heteroatoms. The van der Waals surface area contributed by atoms with Crippen molar-refractivity contribution < 1.29 is 4.79 Å². The van der Waals surface area contributed by atoms with E-state index >= 15 is 0 Å². The highest BCUT2D eigenvalue weighted by Crippen LogP contribution is 2.18. The van der Waals surface area contributed by atoms with Gasteiger partial charge >= 0.3 is 4.87 Å². The number of fused-ring (bicyclic) bond motifs is 1. The summed E-state index contributed by atoms with van der Waals surface area (Å²) in [5.41, 5.74) is 2.97. The molecule has 0 spiro atoms. The molecule has 3 aromatic rings. The zero-order valence-corrected chi connectivity index (χ0v) is 12.1. The molecule has 3 N–H and O–H groups in total. The third-order valence-corrected chi connectivity index (χ3v) is 4.06. The van der Waals surface area contributed by atoms with Gasteiger partial charge in [-0.25, -0.2) is 0 Å². The number of amides is 1. The van der Waals surface area contributed by atoms with Crippen LogP contribution in [0, 0.1) is 0 Å². The average Bonchev–Trinajstić information content (AvgIpc) is 3.09. The van der Waals surface area contributed by atoms with E-state index in [1.165, 1.54) is 0 Å². The largest absolute Gasteiger partial charge is 0.361 e. The van der Waals surface area contributed by atoms with Crippen molar-refractivity contribution in [3.05, 3.63) is 56.8 Å². The number of nitrogens with one attached hydrogen (secondary N) is 3. The van der Waals surface area contributed by atoms with E-state index in [1.54, 1.807) is 5.38 Å². The number of benzene rings is 1. The summed E-state index contributed by atoms with van der Waals surface area (Å²) in [5.74, 6) is -0.0210. The molecule has 0 aliphatic heterocycles. The Bertz CT molecular complexity index is 815. The molecule has 0 saturated carbocycles. The summed E-state index contributed by atoms with van der Waals surface area (Å²) in [4.78, 5) is 28.6. The zero-order valence-electron chi connectivity index (χ0n) is 11.3. The highest BCUT2D eigenvalue weighted by molar-refractivity contribution is 7.07. The van der Waals surface area contributed by atoms with Crippen LogP contribution in [0.1, 0.15) is 17.7 Å². The van der Waals surface area contributed by atoms with Crippen molar-refractivity contribution in [1.82, 2.24) is 15.3 Å². The number of aromatic nitrogens is 2. The number of hydrogen-bond acceptors (Lipinski definition) is 3. The molecule has 2 aromatic heterocycles. The van der Waals surface area contributed by atoms with Crippen LogP contribution in [-0.4, -0.2) is 15.9 Å². The lowest BCUT2D eigenvalue weighted by atomic mass is 10.1. The van der Waals surface area contributed by atoms with Gasteiger partial charge in [0.25, 0.3) is 0 Å². The van der Waals surface area contributed by atoms with E-state index in [0.717, 1.165) is 33.5 Å². The van der Waals surface area contributed by atoms with Crippen molar-refractivity contribution >= 4 is 28.1 Å². The van der Waals surface area contributed by atoms with E-state index in [4.69, 9.17) is 0 Å². The Hall–Kier alpha value is -2.34. The lowest BCUT2D eigenvalue weighted by Gasteiger charge is -2.03. The minimum Gasteiger partial charge on any atom is -0.361 e. The van der Waals surface area contributed by atoms with Crippen LogP contribution in [0.2, 0.25) is 0 Å². The molecular weight excluding hydrogens is 286 g/mol. The molecule has 5 nitrogen and oxygen atoms in total. The van der Waals surface area contributed by atoms with Crippen LogP contribution in [-0.2, 0) is 17.8 Å². The number of aromatic amines is 2. The summed E-state index contributed by atoms with van der Waals surface area (Å²) < 4.78 is 0. The van der Waals surface area contributed by atoms with Crippen LogP contribution in [0.5, 0.6) is 0 Å². The molecule has 2 heterocycles. The van der Waals surface area contributed by atoms with Crippen LogP contribution < -0.4 is 10.2 Å². The number of thiazole rings is 1. The van der Waals surface area contributed by atoms with E-state index in [2.05, 4.69) is 21.4 Å². The molecular formula is C15H15N3O2S. The van der Waals surface area contributed by atoms with E-state index < -0.39 is 0 Å². The summed E-state index contributed by atoms with van der Waals surface area (Å²) in [6, 6.07) is 8.05. The molecule has 0 fully saturated rings. The van der Waals surface area contributed by atoms with Gasteiger partial charge in [-0.05, 0) is 18.1 Å². The molecule has 108 valence electrons. The predicted molar refractivity (Wildman–Crippen MR) is 83.4 cm³/mol. The highest BCUT2D eigenvalue weighted by atomic mass is 32.1. The fourth-order valence-corrected chi connectivity index (χ4v) is 2.85. The standard InChI is InChI=1S/C15H15N3O2S/c19-14(17-8-11-9-21-15(20)18-11)6-5-10-7-16-13-4-2-1-3-12(10)13/h1-4,7,9,16H,5-6,8H2,(H,17,19)(H,18,20). The molecule has 21 heavy (non-hydrogen) atoms. The Morgan fingerprint density at radius 2 is 2.14 bits per heavy atom. The van der Waals surface area contributed by atoms with Gasteiger partial charge in [0.15, 0.2) is 0 Å². The number of hydrogen-bond donors (Lipinski definition) is 3. The Labute approximate surface area is 125 Å². The summed E-state index contributed by atoms with van der Waals surface area (Å²) in [6.07, 6.45) is 3.07. The molecule has 0 radical (unpaired) electrons. The van der Waals surface area contributed by atoms with Gasteiger partial charge in [0, 0.05) is 34.6 Å². The van der Waals surface area contributed by atoms with Gasteiger partial charge in [-0.15, -0.1) is 0 Å². The SMILES string of the molecule is O=C(CCc1c[nH]c2ccccc12)NCc1csc(=O)[nH]1. The Morgan fingerprint density at radius 1 is 1.29 bits per heavy atom. The van der Waals surface area contributed by atoms with Crippen LogP contribution in [0.25, 0.3) is 10.9 Å². The highest BCUT2D eigenvalue weighted by Gasteiger charge is 2.07. The van der Waals surface area contributed by atoms with Crippen LogP contribution in [0.4, 0.5) is 0 Å². The number of aryl methyl sites for hydroxylation is 1. The van der Waals surface area contributed by atoms with Gasteiger partial charge in [0.1, 0.15) is 0 Å². The predicted octanol–water partition coefficient (Wildman–Crippen LogP) is 2.17. The third-order valence-electron chi connectivity index (χ3n) is 3.34. The number of carbonyl (C=O) groups excluding carboxylic acids is 1. The summed E-state index contributed by atoms with van der Waals surface area (Å²) in [6.45, 7) is 0.367. The van der Waals surface area contributed by atoms with Crippen LogP contribution in [0.15, 0.2) is 40.6 Å². The summed E-state index contributed by atoms with van der Waals surface area (Å²) >= 11 is 1.10. The topological polar surface area (TPSA) is 77.8 Å². The van der Waals surface area contributed by atoms with Crippen LogP contribution >= 0.6 is 11.3 Å². The van der Waals surface area contributed by atoms with Gasteiger partial charge in [0.2, 0.25) is 5.91 Å². The van der Waals surface area contributed by atoms with Crippen LogP contribution in [0.3, 0.4) is 0 Å². The van der Waals surface area contributed by atoms with Crippen molar-refractivity contribution in [3.63, 3.8) is 0 Å². The zero-order chi connectivity index (χ0) is 14.7. The first-order valence-corrected chi connectivity index (χ1v) is 7.59. The minimum atomic E-state index is -0.0990. The fourth-order valence-electron chi connectivity index (χ4n) is 2.27. The molecule has 0 bridgehead atoms. The molecule has 0 aliphatic rings. The van der Waals surface area contributed by atoms with E-state index in [9.17, 15) is 9.59 Å². The first-order chi connectivity index (χ1) is 10.2. The first kappa shape index (κ1) is 13.6. The smallest absolute Gasteiger partial charge is 0.304 e. The number of carbonyl (C=O) groups is 1. The van der Waals surface area contributed by atoms with Gasteiger partial charge in [-0.1, -0.05) is 29.5 Å². The number of rotatable bonds is 5. The molecule has 3 rings (SSSR count). The molecule has 0 unspecified atom stereocenters. The van der Waals surface area contributed by atoms with E-state index in [0.29, 0.717) is 19.4 Å². The Morgan fingerprint density at radius 3 is 2.95 bits per heavy atom. The van der Waals surface area contributed by atoms with Crippen molar-refractivity contribution in [2.75, 3.05) is 0 Å². The normalized spacial score (nSPS) is 10.9. The summed E-state index contributed by atoms with van der Waals surface area (Å²) in [5, 5.41) is 5.69. The Balaban J connectivity index is 1.55. The second kappa shape index (κ2) is 5.97. The fraction of sp³-hybridized carbons (Fsp3) is 0.200. The maximum Gasteiger partial charge on any atom is 0.304 e. The lowest BCUT2D eigenvalue weighted by molar-refractivity contribution is -0.121. The summed E-state index contributed by atoms with van der Waals surface area (Å²) in [7, 11) is 0. The van der Waals surface area contributed by atoms with E-state index in [-0.39, 0.29) is 10.8 Å². The monoisotopic (exact) mass is 301 g/mol. The quantitative estimate of drug-likeness (QED) is 0.675. The molecule has 1 aromatic carbocycles. The van der Waals surface area contributed by atoms with Crippen molar-refractivity contribution in [1.29, 1.82) is 0 Å². The van der Waals surface area contributed by atoms with Gasteiger partial charge in [-0.2, -0.15) is 0 Å². The van der Waals surface area contributed by atoms with Crippen molar-refractivity contribution in [3.8, 4) is 0 Å². The Kier molecular flexibility index (Phi) is 3.87. The maximum absolute atomic E-state index is 11.8. The first-order valence-electron chi connectivity index (χ1n) is 6.71. The number of para-hydroxylation sites is 1. The second-order valence-corrected chi connectivity index (χ2v) is 5.65. The minimum absolute atomic E-state index is 0.0210. The molecule has 1 amide bonds. The molecule has 0 aliphatic carbocycles. The second-order valence-electron chi connectivity index (χ2n) is 4.81. The maximum atomic E-state index is 11.8.